The minimum absolute atomic E-state index is 0.0523. The molecule has 14 heavy (non-hydrogen) atoms. The van der Waals surface area contributed by atoms with Crippen molar-refractivity contribution in [3.8, 4) is 0 Å². The molecule has 0 spiro atoms. The van der Waals surface area contributed by atoms with Gasteiger partial charge in [-0.05, 0) is 26.0 Å². The molecule has 1 aliphatic rings. The molecule has 0 aromatic carbocycles. The largest absolute Gasteiger partial charge is 0.477 e. The van der Waals surface area contributed by atoms with Crippen LogP contribution in [0.25, 0.3) is 0 Å². The molecule has 1 aromatic rings. The number of carboxylic acids is 1. The zero-order chi connectivity index (χ0) is 10.2. The molecule has 0 amide bonds. The first-order valence-corrected chi connectivity index (χ1v) is 4.43. The number of aromatic nitrogens is 2. The summed E-state index contributed by atoms with van der Waals surface area (Å²) in [5, 5.41) is 11.9. The van der Waals surface area contributed by atoms with E-state index in [2.05, 4.69) is 15.3 Å². The lowest BCUT2D eigenvalue weighted by molar-refractivity contribution is 0.0690. The van der Waals surface area contributed by atoms with Crippen LogP contribution in [-0.4, -0.2) is 28.1 Å². The summed E-state index contributed by atoms with van der Waals surface area (Å²) in [5.41, 5.74) is 0.719. The van der Waals surface area contributed by atoms with E-state index >= 15 is 0 Å². The Bertz CT molecular complexity index is 374. The summed E-state index contributed by atoms with van der Waals surface area (Å²) in [4.78, 5) is 18.4. The summed E-state index contributed by atoms with van der Waals surface area (Å²) in [6.45, 7) is 0. The predicted octanol–water partition coefficient (Wildman–Crippen LogP) is 0.383. The monoisotopic (exact) mass is 193 g/mol. The van der Waals surface area contributed by atoms with Gasteiger partial charge in [0.2, 0.25) is 0 Å². The third kappa shape index (κ3) is 1.35. The van der Waals surface area contributed by atoms with Crippen LogP contribution in [0.5, 0.6) is 0 Å². The van der Waals surface area contributed by atoms with Gasteiger partial charge < -0.3 is 10.4 Å². The number of hydrogen-bond donors (Lipinski definition) is 2. The van der Waals surface area contributed by atoms with Crippen molar-refractivity contribution < 1.29 is 9.90 Å². The molecule has 0 atom stereocenters. The summed E-state index contributed by atoms with van der Waals surface area (Å²) >= 11 is 0. The highest BCUT2D eigenvalue weighted by atomic mass is 16.4. The molecule has 2 N–H and O–H groups in total. The van der Waals surface area contributed by atoms with E-state index in [-0.39, 0.29) is 11.2 Å². The maximum absolute atomic E-state index is 10.7. The first-order valence-electron chi connectivity index (χ1n) is 4.43. The summed E-state index contributed by atoms with van der Waals surface area (Å²) in [6.07, 6.45) is 3.30. The summed E-state index contributed by atoms with van der Waals surface area (Å²) in [6, 6.07) is 1.53. The van der Waals surface area contributed by atoms with Crippen LogP contribution in [0, 0.1) is 0 Å². The van der Waals surface area contributed by atoms with Crippen molar-refractivity contribution in [3.63, 3.8) is 0 Å². The summed E-state index contributed by atoms with van der Waals surface area (Å²) < 4.78 is 0. The Kier molecular flexibility index (Phi) is 1.96. The molecule has 1 heterocycles. The SMILES string of the molecule is CNC1(c2cc(C(=O)O)ncn2)CC1. The van der Waals surface area contributed by atoms with Crippen LogP contribution >= 0.6 is 0 Å². The third-order valence-corrected chi connectivity index (χ3v) is 2.61. The normalized spacial score (nSPS) is 17.8. The average molecular weight is 193 g/mol. The van der Waals surface area contributed by atoms with Crippen LogP contribution < -0.4 is 5.32 Å². The lowest BCUT2D eigenvalue weighted by Crippen LogP contribution is -2.26. The van der Waals surface area contributed by atoms with Crippen LogP contribution in [0.2, 0.25) is 0 Å². The van der Waals surface area contributed by atoms with Crippen LogP contribution in [0.3, 0.4) is 0 Å². The molecule has 2 rings (SSSR count). The Hall–Kier alpha value is -1.49. The highest BCUT2D eigenvalue weighted by Gasteiger charge is 2.44. The molecule has 0 radical (unpaired) electrons. The number of aromatic carboxylic acids is 1. The van der Waals surface area contributed by atoms with Crippen LogP contribution in [-0.2, 0) is 5.54 Å². The van der Waals surface area contributed by atoms with Gasteiger partial charge in [-0.3, -0.25) is 0 Å². The molecule has 0 unspecified atom stereocenters. The number of nitrogens with zero attached hydrogens (tertiary/aromatic N) is 2. The Morgan fingerprint density at radius 1 is 1.57 bits per heavy atom. The fraction of sp³-hybridized carbons (Fsp3) is 0.444. The third-order valence-electron chi connectivity index (χ3n) is 2.61. The van der Waals surface area contributed by atoms with Gasteiger partial charge in [-0.15, -0.1) is 0 Å². The number of nitrogens with one attached hydrogen (secondary N) is 1. The van der Waals surface area contributed by atoms with Gasteiger partial charge in [-0.1, -0.05) is 0 Å². The van der Waals surface area contributed by atoms with Crippen LogP contribution in [0.4, 0.5) is 0 Å². The van der Waals surface area contributed by atoms with E-state index in [0.29, 0.717) is 0 Å². The Labute approximate surface area is 81.2 Å². The second-order valence-electron chi connectivity index (χ2n) is 3.43. The zero-order valence-electron chi connectivity index (χ0n) is 7.82. The summed E-state index contributed by atoms with van der Waals surface area (Å²) in [5.74, 6) is -1.01. The van der Waals surface area contributed by atoms with E-state index in [0.717, 1.165) is 18.5 Å². The molecule has 1 fully saturated rings. The van der Waals surface area contributed by atoms with Crippen molar-refractivity contribution in [1.82, 2.24) is 15.3 Å². The van der Waals surface area contributed by atoms with Gasteiger partial charge in [-0.25, -0.2) is 14.8 Å². The smallest absolute Gasteiger partial charge is 0.354 e. The van der Waals surface area contributed by atoms with Crippen LogP contribution in [0.15, 0.2) is 12.4 Å². The van der Waals surface area contributed by atoms with Gasteiger partial charge in [0.15, 0.2) is 5.69 Å². The van der Waals surface area contributed by atoms with Crippen molar-refractivity contribution in [1.29, 1.82) is 0 Å². The van der Waals surface area contributed by atoms with Gasteiger partial charge in [-0.2, -0.15) is 0 Å². The minimum atomic E-state index is -1.01. The molecule has 74 valence electrons. The molecule has 1 aliphatic carbocycles. The van der Waals surface area contributed by atoms with E-state index in [4.69, 9.17) is 5.11 Å². The summed E-state index contributed by atoms with van der Waals surface area (Å²) in [7, 11) is 1.86. The average Bonchev–Trinajstić information content (AvgIpc) is 2.98. The molecule has 0 bridgehead atoms. The Balaban J connectivity index is 2.36. The molecule has 1 saturated carbocycles. The van der Waals surface area contributed by atoms with Crippen molar-refractivity contribution >= 4 is 5.97 Å². The fourth-order valence-corrected chi connectivity index (χ4v) is 1.50. The Morgan fingerprint density at radius 2 is 2.29 bits per heavy atom. The molecule has 5 heteroatoms. The quantitative estimate of drug-likeness (QED) is 0.726. The molecule has 1 aromatic heterocycles. The minimum Gasteiger partial charge on any atom is -0.477 e. The molecule has 5 nitrogen and oxygen atoms in total. The maximum atomic E-state index is 10.7. The van der Waals surface area contributed by atoms with E-state index < -0.39 is 5.97 Å². The van der Waals surface area contributed by atoms with E-state index in [1.165, 1.54) is 12.4 Å². The lowest BCUT2D eigenvalue weighted by Gasteiger charge is -2.12. The van der Waals surface area contributed by atoms with Crippen molar-refractivity contribution in [2.24, 2.45) is 0 Å². The van der Waals surface area contributed by atoms with Gasteiger partial charge in [0.25, 0.3) is 0 Å². The second kappa shape index (κ2) is 3.02. The molecule has 0 saturated heterocycles. The van der Waals surface area contributed by atoms with E-state index in [9.17, 15) is 4.79 Å². The van der Waals surface area contributed by atoms with Gasteiger partial charge >= 0.3 is 5.97 Å². The number of carbonyl (C=O) groups is 1. The van der Waals surface area contributed by atoms with Gasteiger partial charge in [0.05, 0.1) is 11.2 Å². The molecule has 0 aliphatic heterocycles. The topological polar surface area (TPSA) is 75.1 Å². The van der Waals surface area contributed by atoms with Crippen molar-refractivity contribution in [3.05, 3.63) is 23.8 Å². The molecular formula is C9H11N3O2. The van der Waals surface area contributed by atoms with Gasteiger partial charge in [0.1, 0.15) is 6.33 Å². The number of hydrogen-bond acceptors (Lipinski definition) is 4. The fourth-order valence-electron chi connectivity index (χ4n) is 1.50. The standard InChI is InChI=1S/C9H11N3O2/c1-10-9(2-3-9)7-4-6(8(13)14)11-5-12-7/h4-5,10H,2-3H2,1H3,(H,13,14). The Morgan fingerprint density at radius 3 is 2.79 bits per heavy atom. The highest BCUT2D eigenvalue weighted by molar-refractivity contribution is 5.85. The van der Waals surface area contributed by atoms with E-state index in [1.807, 2.05) is 7.05 Å². The predicted molar refractivity (Wildman–Crippen MR) is 49.0 cm³/mol. The zero-order valence-corrected chi connectivity index (χ0v) is 7.82. The second-order valence-corrected chi connectivity index (χ2v) is 3.43. The first-order chi connectivity index (χ1) is 6.68. The van der Waals surface area contributed by atoms with Crippen LogP contribution in [0.1, 0.15) is 29.0 Å². The van der Waals surface area contributed by atoms with E-state index in [1.54, 1.807) is 0 Å². The highest BCUT2D eigenvalue weighted by Crippen LogP contribution is 2.43. The molecular weight excluding hydrogens is 182 g/mol. The van der Waals surface area contributed by atoms with Crippen molar-refractivity contribution in [2.75, 3.05) is 7.05 Å². The number of rotatable bonds is 3. The number of carboxylic acid groups (broad SMARTS) is 1. The first kappa shape index (κ1) is 9.08. The maximum Gasteiger partial charge on any atom is 0.354 e. The lowest BCUT2D eigenvalue weighted by atomic mass is 10.1. The van der Waals surface area contributed by atoms with Gasteiger partial charge in [0, 0.05) is 0 Å². The van der Waals surface area contributed by atoms with Crippen molar-refractivity contribution in [2.45, 2.75) is 18.4 Å².